The minimum atomic E-state index is -4.76. The van der Waals surface area contributed by atoms with Gasteiger partial charge in [-0.3, -0.25) is 4.98 Å². The number of anilines is 3. The van der Waals surface area contributed by atoms with Crippen molar-refractivity contribution in [1.82, 2.24) is 15.0 Å². The number of hydrogen-bond donors (Lipinski definition) is 2. The van der Waals surface area contributed by atoms with Crippen molar-refractivity contribution in [2.75, 3.05) is 10.6 Å². The van der Waals surface area contributed by atoms with Crippen molar-refractivity contribution in [3.05, 3.63) is 54.9 Å². The molecule has 0 aliphatic rings. The molecule has 2 aromatic heterocycles. The van der Waals surface area contributed by atoms with Crippen LogP contribution in [-0.4, -0.2) is 26.9 Å². The van der Waals surface area contributed by atoms with Gasteiger partial charge in [-0.05, 0) is 45.0 Å². The highest BCUT2D eigenvalue weighted by Gasteiger charge is 2.31. The van der Waals surface area contributed by atoms with E-state index in [0.717, 1.165) is 5.56 Å². The van der Waals surface area contributed by atoms with Crippen LogP contribution in [0.15, 0.2) is 54.9 Å². The third-order valence-electron chi connectivity index (χ3n) is 3.53. The summed E-state index contributed by atoms with van der Waals surface area (Å²) in [6.07, 6.45) is -1.45. The van der Waals surface area contributed by atoms with E-state index in [9.17, 15) is 13.2 Å². The van der Waals surface area contributed by atoms with Crippen LogP contribution in [0.4, 0.5) is 30.6 Å². The Morgan fingerprint density at radius 2 is 1.66 bits per heavy atom. The van der Waals surface area contributed by atoms with Gasteiger partial charge in [0.25, 0.3) is 0 Å². The average Bonchev–Trinajstić information content (AvgIpc) is 2.59. The highest BCUT2D eigenvalue weighted by molar-refractivity contribution is 5.67. The molecule has 0 spiro atoms. The van der Waals surface area contributed by atoms with Crippen molar-refractivity contribution in [2.24, 2.45) is 0 Å². The molecule has 152 valence electrons. The molecule has 3 aromatic rings. The Labute approximate surface area is 166 Å². The summed E-state index contributed by atoms with van der Waals surface area (Å²) in [5.74, 6) is 0.485. The lowest BCUT2D eigenvalue weighted by Crippen LogP contribution is -2.27. The molecule has 2 N–H and O–H groups in total. The molecule has 0 fully saturated rings. The summed E-state index contributed by atoms with van der Waals surface area (Å²) in [7, 11) is 0. The van der Waals surface area contributed by atoms with Gasteiger partial charge in [0.1, 0.15) is 11.6 Å². The monoisotopic (exact) mass is 403 g/mol. The number of nitrogens with one attached hydrogen (secondary N) is 2. The molecule has 3 rings (SSSR count). The third-order valence-corrected chi connectivity index (χ3v) is 3.53. The smallest absolute Gasteiger partial charge is 0.406 e. The lowest BCUT2D eigenvalue weighted by atomic mass is 10.1. The fourth-order valence-corrected chi connectivity index (χ4v) is 2.49. The highest BCUT2D eigenvalue weighted by atomic mass is 19.4. The van der Waals surface area contributed by atoms with Crippen LogP contribution in [0, 0.1) is 0 Å². The molecule has 0 radical (unpaired) electrons. The van der Waals surface area contributed by atoms with Crippen LogP contribution in [0.3, 0.4) is 0 Å². The van der Waals surface area contributed by atoms with Crippen molar-refractivity contribution >= 4 is 17.5 Å². The number of rotatable bonds is 5. The Morgan fingerprint density at radius 1 is 0.931 bits per heavy atom. The van der Waals surface area contributed by atoms with Crippen molar-refractivity contribution < 1.29 is 17.9 Å². The second-order valence-corrected chi connectivity index (χ2v) is 7.27. The Kier molecular flexibility index (Phi) is 5.58. The van der Waals surface area contributed by atoms with Gasteiger partial charge in [0.05, 0.1) is 5.69 Å². The first-order chi connectivity index (χ1) is 13.6. The standard InChI is InChI=1S/C20H20F3N5O/c1-19(2,3)28-18-26-16(13-7-9-24-10-8-13)12-17(27-18)25-14-5-4-6-15(11-14)29-20(21,22)23/h4-12H,1-3H3,(H2,25,26,27,28). The molecule has 0 amide bonds. The predicted octanol–water partition coefficient (Wildman–Crippen LogP) is 5.39. The molecule has 9 heteroatoms. The lowest BCUT2D eigenvalue weighted by molar-refractivity contribution is -0.274. The van der Waals surface area contributed by atoms with Crippen LogP contribution in [0.1, 0.15) is 20.8 Å². The van der Waals surface area contributed by atoms with Crippen molar-refractivity contribution in [2.45, 2.75) is 32.7 Å². The fraction of sp³-hybridized carbons (Fsp3) is 0.250. The van der Waals surface area contributed by atoms with Gasteiger partial charge in [-0.15, -0.1) is 13.2 Å². The molecule has 0 aliphatic carbocycles. The van der Waals surface area contributed by atoms with Crippen LogP contribution in [-0.2, 0) is 0 Å². The van der Waals surface area contributed by atoms with E-state index in [1.165, 1.54) is 18.2 Å². The summed E-state index contributed by atoms with van der Waals surface area (Å²) in [6, 6.07) is 10.9. The maximum atomic E-state index is 12.5. The SMILES string of the molecule is CC(C)(C)Nc1nc(Nc2cccc(OC(F)(F)F)c2)cc(-c2ccncc2)n1. The van der Waals surface area contributed by atoms with Crippen LogP contribution in [0.25, 0.3) is 11.3 Å². The Morgan fingerprint density at radius 3 is 2.31 bits per heavy atom. The van der Waals surface area contributed by atoms with Crippen LogP contribution in [0.5, 0.6) is 5.75 Å². The summed E-state index contributed by atoms with van der Waals surface area (Å²) >= 11 is 0. The number of halogens is 3. The van der Waals surface area contributed by atoms with E-state index in [1.807, 2.05) is 32.9 Å². The maximum Gasteiger partial charge on any atom is 0.573 e. The van der Waals surface area contributed by atoms with Gasteiger partial charge in [0.2, 0.25) is 5.95 Å². The number of pyridine rings is 1. The number of benzene rings is 1. The van der Waals surface area contributed by atoms with E-state index < -0.39 is 6.36 Å². The first-order valence-corrected chi connectivity index (χ1v) is 8.78. The van der Waals surface area contributed by atoms with E-state index in [2.05, 4.69) is 30.3 Å². The van der Waals surface area contributed by atoms with Crippen LogP contribution < -0.4 is 15.4 Å². The third kappa shape index (κ3) is 6.34. The molecule has 0 atom stereocenters. The number of ether oxygens (including phenoxy) is 1. The molecule has 0 unspecified atom stereocenters. The fourth-order valence-electron chi connectivity index (χ4n) is 2.49. The van der Waals surface area contributed by atoms with E-state index in [1.54, 1.807) is 24.5 Å². The summed E-state index contributed by atoms with van der Waals surface area (Å²) in [6.45, 7) is 5.92. The summed E-state index contributed by atoms with van der Waals surface area (Å²) in [5, 5.41) is 6.22. The largest absolute Gasteiger partial charge is 0.573 e. The second kappa shape index (κ2) is 7.94. The van der Waals surface area contributed by atoms with Crippen LogP contribution in [0.2, 0.25) is 0 Å². The van der Waals surface area contributed by atoms with Crippen molar-refractivity contribution in [3.8, 4) is 17.0 Å². The van der Waals surface area contributed by atoms with Gasteiger partial charge >= 0.3 is 6.36 Å². The van der Waals surface area contributed by atoms with Crippen molar-refractivity contribution in [3.63, 3.8) is 0 Å². The number of alkyl halides is 3. The molecule has 0 bridgehead atoms. The zero-order valence-corrected chi connectivity index (χ0v) is 16.1. The average molecular weight is 403 g/mol. The lowest BCUT2D eigenvalue weighted by Gasteiger charge is -2.21. The Bertz CT molecular complexity index is 972. The number of hydrogen-bond acceptors (Lipinski definition) is 6. The van der Waals surface area contributed by atoms with E-state index in [4.69, 9.17) is 0 Å². The molecule has 1 aromatic carbocycles. The Balaban J connectivity index is 1.94. The van der Waals surface area contributed by atoms with Gasteiger partial charge in [-0.1, -0.05) is 6.07 Å². The Hall–Kier alpha value is -3.36. The molecular weight excluding hydrogens is 383 g/mol. The quantitative estimate of drug-likeness (QED) is 0.595. The van der Waals surface area contributed by atoms with E-state index in [-0.39, 0.29) is 11.3 Å². The minimum Gasteiger partial charge on any atom is -0.406 e. The number of aromatic nitrogens is 3. The zero-order chi connectivity index (χ0) is 21.1. The summed E-state index contributed by atoms with van der Waals surface area (Å²) in [5.41, 5.74) is 1.58. The van der Waals surface area contributed by atoms with E-state index in [0.29, 0.717) is 23.1 Å². The number of nitrogens with zero attached hydrogens (tertiary/aromatic N) is 3. The highest BCUT2D eigenvalue weighted by Crippen LogP contribution is 2.28. The molecule has 0 saturated heterocycles. The van der Waals surface area contributed by atoms with Crippen LogP contribution >= 0.6 is 0 Å². The van der Waals surface area contributed by atoms with E-state index >= 15 is 0 Å². The van der Waals surface area contributed by atoms with Gasteiger partial charge in [0.15, 0.2) is 0 Å². The predicted molar refractivity (Wildman–Crippen MR) is 105 cm³/mol. The first kappa shape index (κ1) is 20.4. The molecule has 0 saturated carbocycles. The van der Waals surface area contributed by atoms with Gasteiger partial charge in [0, 0.05) is 41.3 Å². The van der Waals surface area contributed by atoms with Gasteiger partial charge in [-0.25, -0.2) is 4.98 Å². The van der Waals surface area contributed by atoms with Gasteiger partial charge < -0.3 is 15.4 Å². The van der Waals surface area contributed by atoms with Gasteiger partial charge in [-0.2, -0.15) is 4.98 Å². The molecule has 0 aliphatic heterocycles. The zero-order valence-electron chi connectivity index (χ0n) is 16.1. The summed E-state index contributed by atoms with van der Waals surface area (Å²) < 4.78 is 41.4. The summed E-state index contributed by atoms with van der Waals surface area (Å²) in [4.78, 5) is 13.0. The second-order valence-electron chi connectivity index (χ2n) is 7.27. The normalized spacial score (nSPS) is 11.8. The van der Waals surface area contributed by atoms with Crippen molar-refractivity contribution in [1.29, 1.82) is 0 Å². The molecule has 6 nitrogen and oxygen atoms in total. The minimum absolute atomic E-state index is 0.283. The first-order valence-electron chi connectivity index (χ1n) is 8.78. The molecular formula is C20H20F3N5O. The topological polar surface area (TPSA) is 72.0 Å². The maximum absolute atomic E-state index is 12.5. The molecule has 29 heavy (non-hydrogen) atoms. The molecule has 2 heterocycles.